The van der Waals surface area contributed by atoms with Crippen LogP contribution in [0, 0.1) is 0 Å². The van der Waals surface area contributed by atoms with Crippen molar-refractivity contribution in [2.24, 2.45) is 0 Å². The van der Waals surface area contributed by atoms with Crippen LogP contribution in [0.2, 0.25) is 0 Å². The summed E-state index contributed by atoms with van der Waals surface area (Å²) in [5, 5.41) is 3.00. The molecule has 3 nitrogen and oxygen atoms in total. The molecule has 0 bridgehead atoms. The normalized spacial score (nSPS) is 10.0. The molecule has 88 valence electrons. The fourth-order valence-corrected chi connectivity index (χ4v) is 1.81. The second kappa shape index (κ2) is 5.68. The second-order valence-electron chi connectivity index (χ2n) is 3.48. The zero-order chi connectivity index (χ0) is 12.1. The quantitative estimate of drug-likeness (QED) is 0.937. The minimum Gasteiger partial charge on any atom is -0.486 e. The number of benzene rings is 1. The Morgan fingerprint density at radius 3 is 2.76 bits per heavy atom. The summed E-state index contributed by atoms with van der Waals surface area (Å²) >= 11 is 3.44. The predicted molar refractivity (Wildman–Crippen MR) is 72.3 cm³/mol. The van der Waals surface area contributed by atoms with Gasteiger partial charge in [-0.2, -0.15) is 0 Å². The van der Waals surface area contributed by atoms with E-state index >= 15 is 0 Å². The third kappa shape index (κ3) is 3.20. The average Bonchev–Trinajstić information content (AvgIpc) is 2.38. The molecule has 1 aromatic heterocycles. The highest BCUT2D eigenvalue weighted by atomic mass is 79.9. The van der Waals surface area contributed by atoms with Gasteiger partial charge in [-0.25, -0.2) is 4.98 Å². The molecular formula is C13H13BrN2O. The molecule has 0 aliphatic rings. The molecule has 4 heteroatoms. The van der Waals surface area contributed by atoms with Gasteiger partial charge in [-0.3, -0.25) is 0 Å². The number of halogens is 1. The van der Waals surface area contributed by atoms with Crippen LogP contribution in [0.3, 0.4) is 0 Å². The molecule has 0 amide bonds. The first kappa shape index (κ1) is 11.9. The van der Waals surface area contributed by atoms with Crippen LogP contribution in [-0.4, -0.2) is 12.0 Å². The Balaban J connectivity index is 2.05. The molecule has 0 saturated heterocycles. The van der Waals surface area contributed by atoms with Crippen LogP contribution in [0.1, 0.15) is 5.69 Å². The highest BCUT2D eigenvalue weighted by molar-refractivity contribution is 9.10. The predicted octanol–water partition coefficient (Wildman–Crippen LogP) is 3.46. The summed E-state index contributed by atoms with van der Waals surface area (Å²) < 4.78 is 6.63. The average molecular weight is 293 g/mol. The molecule has 0 aliphatic heterocycles. The Bertz CT molecular complexity index is 502. The fraction of sp³-hybridized carbons (Fsp3) is 0.154. The van der Waals surface area contributed by atoms with E-state index < -0.39 is 0 Å². The van der Waals surface area contributed by atoms with Gasteiger partial charge in [0, 0.05) is 7.05 Å². The van der Waals surface area contributed by atoms with Crippen molar-refractivity contribution in [1.82, 2.24) is 4.98 Å². The summed E-state index contributed by atoms with van der Waals surface area (Å²) in [5.74, 6) is 1.67. The standard InChI is InChI=1S/C13H13BrN2O/c1-15-13-8-4-5-10(16-13)9-17-12-7-3-2-6-11(12)14/h2-8H,9H2,1H3,(H,15,16). The van der Waals surface area contributed by atoms with Crippen LogP contribution in [-0.2, 0) is 6.61 Å². The first-order valence-corrected chi connectivity index (χ1v) is 6.10. The van der Waals surface area contributed by atoms with E-state index in [1.165, 1.54) is 0 Å². The van der Waals surface area contributed by atoms with Crippen LogP contribution in [0.15, 0.2) is 46.9 Å². The Kier molecular flexibility index (Phi) is 3.98. The van der Waals surface area contributed by atoms with Crippen molar-refractivity contribution in [3.8, 4) is 5.75 Å². The van der Waals surface area contributed by atoms with E-state index in [0.29, 0.717) is 6.61 Å². The number of anilines is 1. The minimum atomic E-state index is 0.456. The number of nitrogens with zero attached hydrogens (tertiary/aromatic N) is 1. The van der Waals surface area contributed by atoms with Crippen LogP contribution in [0.25, 0.3) is 0 Å². The highest BCUT2D eigenvalue weighted by Crippen LogP contribution is 2.24. The van der Waals surface area contributed by atoms with Gasteiger partial charge in [-0.05, 0) is 40.2 Å². The molecule has 17 heavy (non-hydrogen) atoms. The molecule has 0 saturated carbocycles. The first-order chi connectivity index (χ1) is 8.29. The van der Waals surface area contributed by atoms with Crippen molar-refractivity contribution < 1.29 is 4.74 Å². The van der Waals surface area contributed by atoms with Crippen LogP contribution in [0.5, 0.6) is 5.75 Å². The van der Waals surface area contributed by atoms with E-state index in [9.17, 15) is 0 Å². The molecule has 1 heterocycles. The lowest BCUT2D eigenvalue weighted by Crippen LogP contribution is -2.01. The molecule has 2 rings (SSSR count). The van der Waals surface area contributed by atoms with Gasteiger partial charge in [0.2, 0.25) is 0 Å². The van der Waals surface area contributed by atoms with Gasteiger partial charge >= 0.3 is 0 Å². The summed E-state index contributed by atoms with van der Waals surface area (Å²) in [6.07, 6.45) is 0. The zero-order valence-electron chi connectivity index (χ0n) is 9.48. The minimum absolute atomic E-state index is 0.456. The van der Waals surface area contributed by atoms with E-state index in [4.69, 9.17) is 4.74 Å². The molecule has 0 aliphatic carbocycles. The monoisotopic (exact) mass is 292 g/mol. The van der Waals surface area contributed by atoms with Crippen LogP contribution in [0.4, 0.5) is 5.82 Å². The molecule has 0 spiro atoms. The molecule has 0 atom stereocenters. The van der Waals surface area contributed by atoms with E-state index in [2.05, 4.69) is 26.2 Å². The van der Waals surface area contributed by atoms with Crippen molar-refractivity contribution in [2.45, 2.75) is 6.61 Å². The number of ether oxygens (including phenoxy) is 1. The smallest absolute Gasteiger partial charge is 0.134 e. The highest BCUT2D eigenvalue weighted by Gasteiger charge is 2.01. The van der Waals surface area contributed by atoms with Gasteiger partial charge in [-0.1, -0.05) is 18.2 Å². The number of hydrogen-bond acceptors (Lipinski definition) is 3. The van der Waals surface area contributed by atoms with E-state index in [1.54, 1.807) is 0 Å². The summed E-state index contributed by atoms with van der Waals surface area (Å²) in [6, 6.07) is 13.6. The first-order valence-electron chi connectivity index (χ1n) is 5.30. The maximum Gasteiger partial charge on any atom is 0.134 e. The number of aromatic nitrogens is 1. The molecule has 0 radical (unpaired) electrons. The zero-order valence-corrected chi connectivity index (χ0v) is 11.1. The fourth-order valence-electron chi connectivity index (χ4n) is 1.41. The third-order valence-corrected chi connectivity index (χ3v) is 2.93. The lowest BCUT2D eigenvalue weighted by molar-refractivity contribution is 0.299. The number of nitrogens with one attached hydrogen (secondary N) is 1. The van der Waals surface area contributed by atoms with Crippen LogP contribution >= 0.6 is 15.9 Å². The van der Waals surface area contributed by atoms with Crippen molar-refractivity contribution in [3.63, 3.8) is 0 Å². The summed E-state index contributed by atoms with van der Waals surface area (Å²) in [5.41, 5.74) is 0.896. The van der Waals surface area contributed by atoms with E-state index in [-0.39, 0.29) is 0 Å². The SMILES string of the molecule is CNc1cccc(COc2ccccc2Br)n1. The molecule has 2 aromatic rings. The van der Waals surface area contributed by atoms with Gasteiger partial charge in [0.25, 0.3) is 0 Å². The summed E-state index contributed by atoms with van der Waals surface area (Å²) in [4.78, 5) is 4.38. The van der Waals surface area contributed by atoms with Gasteiger partial charge in [0.1, 0.15) is 18.2 Å². The largest absolute Gasteiger partial charge is 0.486 e. The second-order valence-corrected chi connectivity index (χ2v) is 4.34. The van der Waals surface area contributed by atoms with Gasteiger partial charge in [0.15, 0.2) is 0 Å². The molecule has 1 N–H and O–H groups in total. The van der Waals surface area contributed by atoms with Gasteiger partial charge in [-0.15, -0.1) is 0 Å². The Labute approximate surface area is 109 Å². The number of pyridine rings is 1. The molecule has 0 fully saturated rings. The Morgan fingerprint density at radius 2 is 2.00 bits per heavy atom. The third-order valence-electron chi connectivity index (χ3n) is 2.28. The molecule has 1 aromatic carbocycles. The van der Waals surface area contributed by atoms with E-state index in [1.807, 2.05) is 49.5 Å². The lowest BCUT2D eigenvalue weighted by atomic mass is 10.3. The Morgan fingerprint density at radius 1 is 1.18 bits per heavy atom. The van der Waals surface area contributed by atoms with Gasteiger partial charge < -0.3 is 10.1 Å². The number of rotatable bonds is 4. The van der Waals surface area contributed by atoms with Crippen molar-refractivity contribution in [2.75, 3.05) is 12.4 Å². The maximum absolute atomic E-state index is 5.69. The lowest BCUT2D eigenvalue weighted by Gasteiger charge is -2.08. The molecular weight excluding hydrogens is 280 g/mol. The Hall–Kier alpha value is -1.55. The number of para-hydroxylation sites is 1. The topological polar surface area (TPSA) is 34.1 Å². The number of hydrogen-bond donors (Lipinski definition) is 1. The van der Waals surface area contributed by atoms with Crippen molar-refractivity contribution in [1.29, 1.82) is 0 Å². The van der Waals surface area contributed by atoms with Crippen molar-refractivity contribution >= 4 is 21.7 Å². The summed E-state index contributed by atoms with van der Waals surface area (Å²) in [7, 11) is 1.85. The maximum atomic E-state index is 5.69. The van der Waals surface area contributed by atoms with Crippen LogP contribution < -0.4 is 10.1 Å². The summed E-state index contributed by atoms with van der Waals surface area (Å²) in [6.45, 7) is 0.456. The molecule has 0 unspecified atom stereocenters. The van der Waals surface area contributed by atoms with Gasteiger partial charge in [0.05, 0.1) is 10.2 Å². The van der Waals surface area contributed by atoms with Crippen molar-refractivity contribution in [3.05, 3.63) is 52.6 Å². The van der Waals surface area contributed by atoms with E-state index in [0.717, 1.165) is 21.7 Å².